The Hall–Kier alpha value is -3.42. The van der Waals surface area contributed by atoms with Crippen molar-refractivity contribution in [3.05, 3.63) is 59.9 Å². The first-order valence-corrected chi connectivity index (χ1v) is 9.44. The fourth-order valence-electron chi connectivity index (χ4n) is 3.65. The molecule has 4 amide bonds. The normalized spacial score (nSPS) is 17.4. The SMILES string of the molecule is O=C(c1cccc(Oc2ccc(F)cc2)c1)N1CCC(N2C(=O)CNC2=O)CC1. The van der Waals surface area contributed by atoms with Gasteiger partial charge in [0.15, 0.2) is 0 Å². The maximum Gasteiger partial charge on any atom is 0.324 e. The first kappa shape index (κ1) is 18.9. The van der Waals surface area contributed by atoms with Crippen LogP contribution in [0.2, 0.25) is 0 Å². The number of nitrogens with one attached hydrogen (secondary N) is 1. The molecule has 2 saturated heterocycles. The Balaban J connectivity index is 1.39. The quantitative estimate of drug-likeness (QED) is 0.805. The molecule has 2 aliphatic heterocycles. The number of ether oxygens (including phenoxy) is 1. The summed E-state index contributed by atoms with van der Waals surface area (Å²) in [5.41, 5.74) is 0.484. The molecule has 2 heterocycles. The zero-order chi connectivity index (χ0) is 20.4. The number of piperidine rings is 1. The molecule has 4 rings (SSSR count). The van der Waals surface area contributed by atoms with E-state index in [0.29, 0.717) is 43.0 Å². The number of amides is 4. The summed E-state index contributed by atoms with van der Waals surface area (Å²) in [5.74, 6) is 0.260. The van der Waals surface area contributed by atoms with E-state index in [0.717, 1.165) is 0 Å². The Labute approximate surface area is 167 Å². The van der Waals surface area contributed by atoms with Crippen molar-refractivity contribution in [2.24, 2.45) is 0 Å². The van der Waals surface area contributed by atoms with Gasteiger partial charge in [0, 0.05) is 24.7 Å². The van der Waals surface area contributed by atoms with Crippen LogP contribution in [-0.2, 0) is 4.79 Å². The molecule has 150 valence electrons. The molecule has 0 radical (unpaired) electrons. The molecule has 2 aromatic rings. The van der Waals surface area contributed by atoms with Gasteiger partial charge < -0.3 is 15.0 Å². The fourth-order valence-corrected chi connectivity index (χ4v) is 3.65. The van der Waals surface area contributed by atoms with E-state index >= 15 is 0 Å². The van der Waals surface area contributed by atoms with Gasteiger partial charge in [0.25, 0.3) is 5.91 Å². The molecule has 29 heavy (non-hydrogen) atoms. The van der Waals surface area contributed by atoms with Crippen molar-refractivity contribution < 1.29 is 23.5 Å². The molecule has 0 spiro atoms. The van der Waals surface area contributed by atoms with Gasteiger partial charge in [-0.2, -0.15) is 0 Å². The van der Waals surface area contributed by atoms with E-state index in [9.17, 15) is 18.8 Å². The fraction of sp³-hybridized carbons (Fsp3) is 0.286. The van der Waals surface area contributed by atoms with Gasteiger partial charge in [0.2, 0.25) is 5.91 Å². The van der Waals surface area contributed by atoms with E-state index in [1.165, 1.54) is 29.2 Å². The lowest BCUT2D eigenvalue weighted by molar-refractivity contribution is -0.127. The van der Waals surface area contributed by atoms with Crippen LogP contribution in [0.1, 0.15) is 23.2 Å². The molecule has 8 heteroatoms. The van der Waals surface area contributed by atoms with Crippen molar-refractivity contribution in [2.75, 3.05) is 19.6 Å². The third-order valence-electron chi connectivity index (χ3n) is 5.13. The largest absolute Gasteiger partial charge is 0.457 e. The molecule has 0 atom stereocenters. The molecule has 2 aromatic carbocycles. The number of nitrogens with zero attached hydrogens (tertiary/aromatic N) is 2. The lowest BCUT2D eigenvalue weighted by Gasteiger charge is -2.35. The number of imide groups is 1. The van der Waals surface area contributed by atoms with Crippen LogP contribution < -0.4 is 10.1 Å². The number of carbonyl (C=O) groups is 3. The highest BCUT2D eigenvalue weighted by Gasteiger charge is 2.37. The van der Waals surface area contributed by atoms with Crippen LogP contribution >= 0.6 is 0 Å². The summed E-state index contributed by atoms with van der Waals surface area (Å²) in [6, 6.07) is 11.9. The lowest BCUT2D eigenvalue weighted by Crippen LogP contribution is -2.49. The van der Waals surface area contributed by atoms with Crippen molar-refractivity contribution in [2.45, 2.75) is 18.9 Å². The summed E-state index contributed by atoms with van der Waals surface area (Å²) in [7, 11) is 0. The molecule has 7 nitrogen and oxygen atoms in total. The van der Waals surface area contributed by atoms with E-state index in [1.807, 2.05) is 0 Å². The van der Waals surface area contributed by atoms with Gasteiger partial charge in [-0.15, -0.1) is 0 Å². The molecule has 0 unspecified atom stereocenters. The summed E-state index contributed by atoms with van der Waals surface area (Å²) in [6.45, 7) is 0.964. The summed E-state index contributed by atoms with van der Waals surface area (Å²) >= 11 is 0. The molecular formula is C21H20FN3O4. The Morgan fingerprint density at radius 1 is 1.03 bits per heavy atom. The van der Waals surface area contributed by atoms with Crippen LogP contribution in [0, 0.1) is 5.82 Å². The molecule has 0 aromatic heterocycles. The number of benzene rings is 2. The van der Waals surface area contributed by atoms with E-state index in [2.05, 4.69) is 5.32 Å². The standard InChI is InChI=1S/C21H20FN3O4/c22-15-4-6-17(7-5-15)29-18-3-1-2-14(12-18)20(27)24-10-8-16(9-11-24)25-19(26)13-23-21(25)28/h1-7,12,16H,8-11,13H2,(H,23,28). The second-order valence-electron chi connectivity index (χ2n) is 7.03. The van der Waals surface area contributed by atoms with Crippen LogP contribution in [0.25, 0.3) is 0 Å². The molecule has 1 N–H and O–H groups in total. The number of likely N-dealkylation sites (tertiary alicyclic amines) is 1. The average molecular weight is 397 g/mol. The number of hydrogen-bond acceptors (Lipinski definition) is 4. The summed E-state index contributed by atoms with van der Waals surface area (Å²) < 4.78 is 18.7. The average Bonchev–Trinajstić information content (AvgIpc) is 3.08. The highest BCUT2D eigenvalue weighted by Crippen LogP contribution is 2.25. The summed E-state index contributed by atoms with van der Waals surface area (Å²) in [6.07, 6.45) is 1.10. The van der Waals surface area contributed by atoms with Crippen molar-refractivity contribution in [1.82, 2.24) is 15.1 Å². The second-order valence-corrected chi connectivity index (χ2v) is 7.03. The topological polar surface area (TPSA) is 79.0 Å². The minimum Gasteiger partial charge on any atom is -0.457 e. The zero-order valence-electron chi connectivity index (χ0n) is 15.6. The van der Waals surface area contributed by atoms with Gasteiger partial charge in [-0.3, -0.25) is 14.5 Å². The van der Waals surface area contributed by atoms with E-state index in [4.69, 9.17) is 4.74 Å². The molecule has 0 aliphatic carbocycles. The highest BCUT2D eigenvalue weighted by atomic mass is 19.1. The number of urea groups is 1. The van der Waals surface area contributed by atoms with Gasteiger partial charge >= 0.3 is 6.03 Å². The first-order chi connectivity index (χ1) is 14.0. The van der Waals surface area contributed by atoms with Crippen LogP contribution in [0.3, 0.4) is 0 Å². The molecular weight excluding hydrogens is 377 g/mol. The summed E-state index contributed by atoms with van der Waals surface area (Å²) in [5, 5.41) is 2.53. The van der Waals surface area contributed by atoms with Crippen LogP contribution in [0.4, 0.5) is 9.18 Å². The monoisotopic (exact) mass is 397 g/mol. The van der Waals surface area contributed by atoms with Crippen LogP contribution in [0.5, 0.6) is 11.5 Å². The lowest BCUT2D eigenvalue weighted by atomic mass is 10.0. The van der Waals surface area contributed by atoms with Crippen molar-refractivity contribution in [1.29, 1.82) is 0 Å². The summed E-state index contributed by atoms with van der Waals surface area (Å²) in [4.78, 5) is 39.5. The van der Waals surface area contributed by atoms with E-state index in [1.54, 1.807) is 29.2 Å². The van der Waals surface area contributed by atoms with Gasteiger partial charge in [-0.25, -0.2) is 9.18 Å². The van der Waals surface area contributed by atoms with Gasteiger partial charge in [0.1, 0.15) is 17.3 Å². The Morgan fingerprint density at radius 3 is 2.41 bits per heavy atom. The molecule has 2 fully saturated rings. The predicted octanol–water partition coefficient (Wildman–Crippen LogP) is 2.77. The van der Waals surface area contributed by atoms with Gasteiger partial charge in [-0.1, -0.05) is 6.07 Å². The maximum atomic E-state index is 13.0. The minimum absolute atomic E-state index is 0.0405. The van der Waals surface area contributed by atoms with Crippen LogP contribution in [0.15, 0.2) is 48.5 Å². The maximum absolute atomic E-state index is 13.0. The smallest absolute Gasteiger partial charge is 0.324 e. The van der Waals surface area contributed by atoms with Gasteiger partial charge in [-0.05, 0) is 55.3 Å². The van der Waals surface area contributed by atoms with Crippen molar-refractivity contribution in [3.63, 3.8) is 0 Å². The third kappa shape index (κ3) is 4.06. The third-order valence-corrected chi connectivity index (χ3v) is 5.13. The first-order valence-electron chi connectivity index (χ1n) is 9.44. The highest BCUT2D eigenvalue weighted by molar-refractivity contribution is 6.02. The van der Waals surface area contributed by atoms with E-state index < -0.39 is 0 Å². The minimum atomic E-state index is -0.356. The zero-order valence-corrected chi connectivity index (χ0v) is 15.6. The molecule has 0 bridgehead atoms. The molecule has 0 saturated carbocycles. The van der Waals surface area contributed by atoms with Crippen molar-refractivity contribution in [3.8, 4) is 11.5 Å². The van der Waals surface area contributed by atoms with Gasteiger partial charge in [0.05, 0.1) is 6.54 Å². The van der Waals surface area contributed by atoms with Crippen molar-refractivity contribution >= 4 is 17.8 Å². The number of carbonyl (C=O) groups excluding carboxylic acids is 3. The number of hydrogen-bond donors (Lipinski definition) is 1. The van der Waals surface area contributed by atoms with E-state index in [-0.39, 0.29) is 36.2 Å². The Kier molecular flexibility index (Phi) is 5.16. The second kappa shape index (κ2) is 7.90. The number of halogens is 1. The molecule has 2 aliphatic rings. The Bertz CT molecular complexity index is 923. The Morgan fingerprint density at radius 2 is 1.76 bits per heavy atom. The predicted molar refractivity (Wildman–Crippen MR) is 102 cm³/mol. The number of rotatable bonds is 4. The van der Waals surface area contributed by atoms with Crippen LogP contribution in [-0.4, -0.2) is 53.3 Å².